The van der Waals surface area contributed by atoms with E-state index in [0.29, 0.717) is 0 Å². The Kier molecular flexibility index (Phi) is 4.07. The summed E-state index contributed by atoms with van der Waals surface area (Å²) in [6.45, 7) is 2.93. The van der Waals surface area contributed by atoms with Crippen molar-refractivity contribution in [1.29, 1.82) is 0 Å². The minimum absolute atomic E-state index is 0.0620. The summed E-state index contributed by atoms with van der Waals surface area (Å²) in [5.74, 6) is -1.24. The van der Waals surface area contributed by atoms with Crippen LogP contribution in [-0.2, 0) is 4.79 Å². The number of carboxylic acid groups (broad SMARTS) is 1. The van der Waals surface area contributed by atoms with E-state index < -0.39 is 12.1 Å². The van der Waals surface area contributed by atoms with E-state index in [1.807, 2.05) is 0 Å². The number of aliphatic carboxylic acids is 1. The number of carboxylic acids is 1. The Morgan fingerprint density at radius 2 is 1.75 bits per heavy atom. The quantitative estimate of drug-likeness (QED) is 0.435. The predicted octanol–water partition coefficient (Wildman–Crippen LogP) is 0.840. The van der Waals surface area contributed by atoms with Crippen LogP contribution in [0.15, 0.2) is 23.5 Å². The molecule has 4 nitrogen and oxygen atoms in total. The highest BCUT2D eigenvalue weighted by Crippen LogP contribution is 2.02. The molecular weight excluding hydrogens is 160 g/mol. The Labute approximate surface area is 70.5 Å². The van der Waals surface area contributed by atoms with Gasteiger partial charge in [-0.1, -0.05) is 6.08 Å². The van der Waals surface area contributed by atoms with Crippen molar-refractivity contribution < 1.29 is 20.1 Å². The van der Waals surface area contributed by atoms with Crippen LogP contribution in [0.1, 0.15) is 13.8 Å². The summed E-state index contributed by atoms with van der Waals surface area (Å²) in [5, 5.41) is 26.0. The summed E-state index contributed by atoms with van der Waals surface area (Å²) >= 11 is 0. The van der Waals surface area contributed by atoms with Crippen LogP contribution in [0.25, 0.3) is 0 Å². The Bertz CT molecular complexity index is 223. The monoisotopic (exact) mass is 172 g/mol. The number of aliphatic hydroxyl groups excluding tert-OH is 2. The van der Waals surface area contributed by atoms with E-state index in [4.69, 9.17) is 15.3 Å². The number of aliphatic hydroxyl groups is 2. The lowest BCUT2D eigenvalue weighted by molar-refractivity contribution is -0.144. The number of carbonyl (C=O) groups is 1. The second kappa shape index (κ2) is 4.56. The maximum Gasteiger partial charge on any atom is 0.336 e. The van der Waals surface area contributed by atoms with Crippen molar-refractivity contribution in [3.8, 4) is 0 Å². The highest BCUT2D eigenvalue weighted by Gasteiger charge is 2.13. The van der Waals surface area contributed by atoms with Gasteiger partial charge in [0.1, 0.15) is 0 Å². The average molecular weight is 172 g/mol. The molecule has 0 heterocycles. The lowest BCUT2D eigenvalue weighted by atomic mass is 10.1. The van der Waals surface area contributed by atoms with Gasteiger partial charge in [0.25, 0.3) is 0 Å². The molecule has 0 aromatic heterocycles. The zero-order valence-electron chi connectivity index (χ0n) is 6.98. The SMILES string of the molecule is C/C(O)=C\C=C(/C)C(O)C(=O)O. The molecule has 3 N–H and O–H groups in total. The molecular formula is C8H12O4. The van der Waals surface area contributed by atoms with Crippen LogP contribution in [0.5, 0.6) is 0 Å². The standard InChI is InChI=1S/C8H12O4/c1-5(3-4-6(2)9)7(10)8(11)12/h3-4,7,9-10H,1-2H3,(H,11,12)/b5-3+,6-4+. The fourth-order valence-corrected chi connectivity index (χ4v) is 0.538. The van der Waals surface area contributed by atoms with Gasteiger partial charge in [-0.2, -0.15) is 0 Å². The van der Waals surface area contributed by atoms with Crippen LogP contribution >= 0.6 is 0 Å². The fraction of sp³-hybridized carbons (Fsp3) is 0.375. The number of hydrogen-bond donors (Lipinski definition) is 3. The second-order valence-electron chi connectivity index (χ2n) is 2.46. The molecule has 0 radical (unpaired) electrons. The van der Waals surface area contributed by atoms with Crippen molar-refractivity contribution in [2.45, 2.75) is 20.0 Å². The number of rotatable bonds is 3. The van der Waals surface area contributed by atoms with Crippen molar-refractivity contribution >= 4 is 5.97 Å². The molecule has 68 valence electrons. The molecule has 0 fully saturated rings. The first-order chi connectivity index (χ1) is 5.45. The molecule has 0 rings (SSSR count). The van der Waals surface area contributed by atoms with E-state index in [2.05, 4.69) is 0 Å². The molecule has 0 saturated heterocycles. The summed E-state index contributed by atoms with van der Waals surface area (Å²) in [4.78, 5) is 10.2. The van der Waals surface area contributed by atoms with Crippen LogP contribution in [0, 0.1) is 0 Å². The van der Waals surface area contributed by atoms with E-state index in [9.17, 15) is 4.79 Å². The average Bonchev–Trinajstić information content (AvgIpc) is 1.98. The van der Waals surface area contributed by atoms with Crippen molar-refractivity contribution in [3.63, 3.8) is 0 Å². The molecule has 0 aromatic carbocycles. The molecule has 0 aliphatic rings. The first kappa shape index (κ1) is 10.7. The molecule has 1 unspecified atom stereocenters. The van der Waals surface area contributed by atoms with E-state index in [-0.39, 0.29) is 11.3 Å². The van der Waals surface area contributed by atoms with Gasteiger partial charge in [0.05, 0.1) is 5.76 Å². The molecule has 1 atom stereocenters. The number of hydrogen-bond acceptors (Lipinski definition) is 3. The van der Waals surface area contributed by atoms with Gasteiger partial charge >= 0.3 is 5.97 Å². The normalized spacial score (nSPS) is 15.9. The molecule has 0 bridgehead atoms. The van der Waals surface area contributed by atoms with E-state index in [1.165, 1.54) is 26.0 Å². The predicted molar refractivity (Wildman–Crippen MR) is 43.8 cm³/mol. The van der Waals surface area contributed by atoms with Crippen molar-refractivity contribution in [1.82, 2.24) is 0 Å². The maximum absolute atomic E-state index is 10.2. The molecule has 4 heteroatoms. The third-order valence-electron chi connectivity index (χ3n) is 1.25. The summed E-state index contributed by atoms with van der Waals surface area (Å²) < 4.78 is 0. The molecule has 0 aromatic rings. The Morgan fingerprint density at radius 3 is 2.08 bits per heavy atom. The van der Waals surface area contributed by atoms with E-state index in [0.717, 1.165) is 0 Å². The zero-order chi connectivity index (χ0) is 9.72. The first-order valence-corrected chi connectivity index (χ1v) is 3.40. The van der Waals surface area contributed by atoms with Crippen molar-refractivity contribution in [2.24, 2.45) is 0 Å². The van der Waals surface area contributed by atoms with Crippen molar-refractivity contribution in [3.05, 3.63) is 23.5 Å². The topological polar surface area (TPSA) is 77.8 Å². The van der Waals surface area contributed by atoms with Gasteiger partial charge in [0.2, 0.25) is 0 Å². The van der Waals surface area contributed by atoms with Gasteiger partial charge in [0, 0.05) is 0 Å². The van der Waals surface area contributed by atoms with Gasteiger partial charge in [-0.15, -0.1) is 0 Å². The van der Waals surface area contributed by atoms with Crippen LogP contribution in [0.2, 0.25) is 0 Å². The minimum Gasteiger partial charge on any atom is -0.513 e. The Morgan fingerprint density at radius 1 is 1.25 bits per heavy atom. The van der Waals surface area contributed by atoms with Crippen LogP contribution in [-0.4, -0.2) is 27.4 Å². The summed E-state index contributed by atoms with van der Waals surface area (Å²) in [6, 6.07) is 0. The highest BCUT2D eigenvalue weighted by molar-refractivity contribution is 5.75. The Hall–Kier alpha value is -1.29. The first-order valence-electron chi connectivity index (χ1n) is 3.40. The smallest absolute Gasteiger partial charge is 0.336 e. The lowest BCUT2D eigenvalue weighted by Gasteiger charge is -2.03. The highest BCUT2D eigenvalue weighted by atomic mass is 16.4. The summed E-state index contributed by atoms with van der Waals surface area (Å²) in [7, 11) is 0. The third-order valence-corrected chi connectivity index (χ3v) is 1.25. The second-order valence-corrected chi connectivity index (χ2v) is 2.46. The van der Waals surface area contributed by atoms with E-state index >= 15 is 0 Å². The van der Waals surface area contributed by atoms with Crippen LogP contribution in [0.3, 0.4) is 0 Å². The number of allylic oxidation sites excluding steroid dienone is 3. The van der Waals surface area contributed by atoms with Gasteiger partial charge in [0.15, 0.2) is 6.10 Å². The van der Waals surface area contributed by atoms with Crippen LogP contribution in [0.4, 0.5) is 0 Å². The molecule has 0 spiro atoms. The largest absolute Gasteiger partial charge is 0.513 e. The summed E-state index contributed by atoms with van der Waals surface area (Å²) in [5.41, 5.74) is 0.274. The molecule has 0 aliphatic carbocycles. The minimum atomic E-state index is -1.50. The maximum atomic E-state index is 10.2. The van der Waals surface area contributed by atoms with E-state index in [1.54, 1.807) is 0 Å². The molecule has 12 heavy (non-hydrogen) atoms. The third kappa shape index (κ3) is 3.78. The van der Waals surface area contributed by atoms with Crippen LogP contribution < -0.4 is 0 Å². The molecule has 0 aliphatic heterocycles. The molecule has 0 amide bonds. The summed E-state index contributed by atoms with van der Waals surface area (Å²) in [6.07, 6.45) is 1.18. The van der Waals surface area contributed by atoms with Crippen molar-refractivity contribution in [2.75, 3.05) is 0 Å². The van der Waals surface area contributed by atoms with Gasteiger partial charge in [-0.25, -0.2) is 4.79 Å². The zero-order valence-corrected chi connectivity index (χ0v) is 6.98. The molecule has 0 saturated carbocycles. The lowest BCUT2D eigenvalue weighted by Crippen LogP contribution is -2.20. The van der Waals surface area contributed by atoms with Gasteiger partial charge < -0.3 is 15.3 Å². The van der Waals surface area contributed by atoms with Gasteiger partial charge in [-0.05, 0) is 25.5 Å². The Balaban J connectivity index is 4.38. The van der Waals surface area contributed by atoms with Gasteiger partial charge in [-0.3, -0.25) is 0 Å². The fourth-order valence-electron chi connectivity index (χ4n) is 0.538.